The predicted molar refractivity (Wildman–Crippen MR) is 45.9 cm³/mol. The largest absolute Gasteiger partial charge is 0.389 e. The summed E-state index contributed by atoms with van der Waals surface area (Å²) < 4.78 is 41.9. The molecule has 2 rings (SSSR count). The van der Waals surface area contributed by atoms with Crippen molar-refractivity contribution < 1.29 is 17.9 Å². The van der Waals surface area contributed by atoms with Crippen LogP contribution in [0.2, 0.25) is 0 Å². The lowest BCUT2D eigenvalue weighted by Gasteiger charge is -2.31. The highest BCUT2D eigenvalue weighted by molar-refractivity contribution is 4.85. The molecule has 0 aromatic carbocycles. The van der Waals surface area contributed by atoms with Gasteiger partial charge in [-0.15, -0.1) is 0 Å². The Balaban J connectivity index is 1.85. The molecule has 0 radical (unpaired) electrons. The third kappa shape index (κ3) is 2.41. The Bertz CT molecular complexity index is 202. The van der Waals surface area contributed by atoms with Crippen molar-refractivity contribution in [3.8, 4) is 0 Å². The minimum atomic E-state index is -3.99. The lowest BCUT2D eigenvalue weighted by atomic mass is 9.78. The number of rotatable bonds is 1. The summed E-state index contributed by atoms with van der Waals surface area (Å²) in [4.78, 5) is 0. The smallest absolute Gasteiger partial charge is 0.378 e. The molecule has 0 N–H and O–H groups in total. The van der Waals surface area contributed by atoms with E-state index in [-0.39, 0.29) is 12.0 Å². The van der Waals surface area contributed by atoms with Gasteiger partial charge in [0.05, 0.1) is 6.10 Å². The zero-order valence-electron chi connectivity index (χ0n) is 8.02. The standard InChI is InChI=1S/C10H15F3O/c11-10(12,13)6-7-1-2-9-8(5-7)3-4-14-9/h7-9H,1-6H2/t7-,8+,9-/m1/s1. The van der Waals surface area contributed by atoms with E-state index in [0.29, 0.717) is 18.8 Å². The first-order valence-electron chi connectivity index (χ1n) is 5.23. The topological polar surface area (TPSA) is 9.23 Å². The molecule has 4 heteroatoms. The van der Waals surface area contributed by atoms with Crippen LogP contribution in [0.1, 0.15) is 32.1 Å². The molecule has 0 aromatic heterocycles. The van der Waals surface area contributed by atoms with Crippen molar-refractivity contribution in [2.45, 2.75) is 44.4 Å². The summed E-state index contributed by atoms with van der Waals surface area (Å²) in [7, 11) is 0. The first-order chi connectivity index (χ1) is 6.54. The molecular formula is C10H15F3O. The van der Waals surface area contributed by atoms with E-state index in [2.05, 4.69) is 0 Å². The van der Waals surface area contributed by atoms with Crippen LogP contribution < -0.4 is 0 Å². The van der Waals surface area contributed by atoms with Gasteiger partial charge in [-0.05, 0) is 37.5 Å². The molecule has 0 amide bonds. The maximum Gasteiger partial charge on any atom is 0.389 e. The molecule has 1 aliphatic heterocycles. The molecule has 14 heavy (non-hydrogen) atoms. The summed E-state index contributed by atoms with van der Waals surface area (Å²) in [5.74, 6) is 0.244. The Morgan fingerprint density at radius 3 is 2.64 bits per heavy atom. The van der Waals surface area contributed by atoms with Crippen LogP contribution in [0, 0.1) is 11.8 Å². The molecule has 3 atom stereocenters. The van der Waals surface area contributed by atoms with Crippen molar-refractivity contribution in [1.82, 2.24) is 0 Å². The fourth-order valence-electron chi connectivity index (χ4n) is 2.74. The number of hydrogen-bond acceptors (Lipinski definition) is 1. The lowest BCUT2D eigenvalue weighted by Crippen LogP contribution is -2.28. The molecule has 1 heterocycles. The summed E-state index contributed by atoms with van der Waals surface area (Å²) in [5, 5.41) is 0. The first kappa shape index (κ1) is 10.3. The van der Waals surface area contributed by atoms with Crippen LogP contribution in [0.4, 0.5) is 13.2 Å². The van der Waals surface area contributed by atoms with Crippen LogP contribution in [0.5, 0.6) is 0 Å². The predicted octanol–water partition coefficient (Wildman–Crippen LogP) is 3.14. The highest BCUT2D eigenvalue weighted by Crippen LogP contribution is 2.41. The van der Waals surface area contributed by atoms with Crippen molar-refractivity contribution >= 4 is 0 Å². The van der Waals surface area contributed by atoms with Crippen molar-refractivity contribution in [3.63, 3.8) is 0 Å². The van der Waals surface area contributed by atoms with Crippen LogP contribution in [-0.2, 0) is 4.74 Å². The number of ether oxygens (including phenoxy) is 1. The zero-order valence-corrected chi connectivity index (χ0v) is 8.02. The Morgan fingerprint density at radius 1 is 1.14 bits per heavy atom. The summed E-state index contributed by atoms with van der Waals surface area (Å²) in [6, 6.07) is 0. The lowest BCUT2D eigenvalue weighted by molar-refractivity contribution is -0.149. The van der Waals surface area contributed by atoms with Gasteiger partial charge in [-0.25, -0.2) is 0 Å². The van der Waals surface area contributed by atoms with E-state index >= 15 is 0 Å². The van der Waals surface area contributed by atoms with Gasteiger partial charge < -0.3 is 4.74 Å². The van der Waals surface area contributed by atoms with E-state index in [1.54, 1.807) is 0 Å². The maximum absolute atomic E-state index is 12.2. The fraction of sp³-hybridized carbons (Fsp3) is 1.00. The minimum absolute atomic E-state index is 0.155. The molecule has 0 unspecified atom stereocenters. The van der Waals surface area contributed by atoms with Crippen molar-refractivity contribution in [2.24, 2.45) is 11.8 Å². The molecule has 0 spiro atoms. The molecule has 0 aromatic rings. The molecule has 2 fully saturated rings. The van der Waals surface area contributed by atoms with E-state index in [1.807, 2.05) is 0 Å². The third-order valence-corrected chi connectivity index (χ3v) is 3.36. The number of fused-ring (bicyclic) bond motifs is 1. The van der Waals surface area contributed by atoms with Gasteiger partial charge in [0, 0.05) is 13.0 Å². The Morgan fingerprint density at radius 2 is 1.93 bits per heavy atom. The molecule has 82 valence electrons. The van der Waals surface area contributed by atoms with Gasteiger partial charge >= 0.3 is 6.18 Å². The van der Waals surface area contributed by atoms with Gasteiger partial charge in [0.15, 0.2) is 0 Å². The van der Waals surface area contributed by atoms with Crippen LogP contribution in [0.15, 0.2) is 0 Å². The minimum Gasteiger partial charge on any atom is -0.378 e. The Labute approximate surface area is 81.6 Å². The van der Waals surface area contributed by atoms with E-state index in [1.165, 1.54) is 0 Å². The van der Waals surface area contributed by atoms with Gasteiger partial charge in [-0.2, -0.15) is 13.2 Å². The van der Waals surface area contributed by atoms with Crippen molar-refractivity contribution in [3.05, 3.63) is 0 Å². The maximum atomic E-state index is 12.2. The molecule has 0 bridgehead atoms. The van der Waals surface area contributed by atoms with Gasteiger partial charge in [-0.1, -0.05) is 0 Å². The average Bonchev–Trinajstić information content (AvgIpc) is 2.47. The Hall–Kier alpha value is -0.250. The van der Waals surface area contributed by atoms with Crippen LogP contribution >= 0.6 is 0 Å². The fourth-order valence-corrected chi connectivity index (χ4v) is 2.74. The molecule has 1 saturated heterocycles. The quantitative estimate of drug-likeness (QED) is 0.643. The molecule has 1 aliphatic carbocycles. The van der Waals surface area contributed by atoms with Crippen LogP contribution in [0.25, 0.3) is 0 Å². The normalized spacial score (nSPS) is 38.4. The summed E-state index contributed by atoms with van der Waals surface area (Å²) in [6.45, 7) is 0.744. The zero-order chi connectivity index (χ0) is 10.2. The summed E-state index contributed by atoms with van der Waals surface area (Å²) in [6.07, 6.45) is -1.15. The Kier molecular flexibility index (Phi) is 2.73. The molecular weight excluding hydrogens is 193 g/mol. The number of hydrogen-bond donors (Lipinski definition) is 0. The molecule has 2 aliphatic rings. The van der Waals surface area contributed by atoms with Crippen molar-refractivity contribution in [2.75, 3.05) is 6.61 Å². The van der Waals surface area contributed by atoms with Crippen LogP contribution in [-0.4, -0.2) is 18.9 Å². The van der Waals surface area contributed by atoms with E-state index in [4.69, 9.17) is 4.74 Å². The molecule has 1 saturated carbocycles. The second-order valence-electron chi connectivity index (χ2n) is 4.46. The number of alkyl halides is 3. The summed E-state index contributed by atoms with van der Waals surface area (Å²) >= 11 is 0. The summed E-state index contributed by atoms with van der Waals surface area (Å²) in [5.41, 5.74) is 0. The number of halogens is 3. The highest BCUT2D eigenvalue weighted by Gasteiger charge is 2.39. The molecule has 1 nitrogen and oxygen atoms in total. The van der Waals surface area contributed by atoms with Crippen molar-refractivity contribution in [1.29, 1.82) is 0 Å². The third-order valence-electron chi connectivity index (χ3n) is 3.36. The van der Waals surface area contributed by atoms with Gasteiger partial charge in [0.2, 0.25) is 0 Å². The average molecular weight is 208 g/mol. The van der Waals surface area contributed by atoms with Gasteiger partial charge in [0.25, 0.3) is 0 Å². The van der Waals surface area contributed by atoms with E-state index in [9.17, 15) is 13.2 Å². The van der Waals surface area contributed by atoms with Crippen LogP contribution in [0.3, 0.4) is 0 Å². The SMILES string of the molecule is FC(F)(F)C[C@@H]1CC[C@H]2OCC[C@H]2C1. The first-order valence-corrected chi connectivity index (χ1v) is 5.23. The van der Waals surface area contributed by atoms with E-state index < -0.39 is 12.6 Å². The van der Waals surface area contributed by atoms with Gasteiger partial charge in [-0.3, -0.25) is 0 Å². The monoisotopic (exact) mass is 208 g/mol. The second-order valence-corrected chi connectivity index (χ2v) is 4.46. The highest BCUT2D eigenvalue weighted by atomic mass is 19.4. The second kappa shape index (κ2) is 3.72. The van der Waals surface area contributed by atoms with E-state index in [0.717, 1.165) is 19.4 Å². The van der Waals surface area contributed by atoms with Gasteiger partial charge in [0.1, 0.15) is 0 Å².